The molecule has 0 fully saturated rings. The van der Waals surface area contributed by atoms with Crippen molar-refractivity contribution in [2.75, 3.05) is 18.0 Å². The lowest BCUT2D eigenvalue weighted by Gasteiger charge is -2.25. The molecule has 30 heavy (non-hydrogen) atoms. The molecule has 0 aromatic heterocycles. The SMILES string of the molecule is O=C(CN(C1=NCCCCC1)c1ccc(Cl)cc1)c1ccc(-c2ccccc2)cc1. The molecule has 0 spiro atoms. The van der Waals surface area contributed by atoms with Crippen LogP contribution in [-0.2, 0) is 0 Å². The fraction of sp³-hybridized carbons (Fsp3) is 0.231. The van der Waals surface area contributed by atoms with Crippen molar-refractivity contribution in [2.45, 2.75) is 25.7 Å². The molecule has 0 N–H and O–H groups in total. The summed E-state index contributed by atoms with van der Waals surface area (Å²) >= 11 is 6.08. The van der Waals surface area contributed by atoms with Gasteiger partial charge in [0.2, 0.25) is 0 Å². The van der Waals surface area contributed by atoms with Crippen LogP contribution in [0, 0.1) is 0 Å². The Morgan fingerprint density at radius 2 is 1.53 bits per heavy atom. The smallest absolute Gasteiger partial charge is 0.182 e. The highest BCUT2D eigenvalue weighted by Crippen LogP contribution is 2.23. The molecule has 3 aromatic carbocycles. The summed E-state index contributed by atoms with van der Waals surface area (Å²) in [5.41, 5.74) is 3.92. The number of nitrogens with zero attached hydrogens (tertiary/aromatic N) is 2. The Hall–Kier alpha value is -2.91. The second-order valence-electron chi connectivity index (χ2n) is 7.54. The molecule has 152 valence electrons. The van der Waals surface area contributed by atoms with Crippen molar-refractivity contribution in [3.63, 3.8) is 0 Å². The predicted molar refractivity (Wildman–Crippen MR) is 126 cm³/mol. The van der Waals surface area contributed by atoms with E-state index in [0.29, 0.717) is 10.6 Å². The number of benzene rings is 3. The maximum atomic E-state index is 13.1. The molecule has 3 aromatic rings. The average molecular weight is 417 g/mol. The highest BCUT2D eigenvalue weighted by Gasteiger charge is 2.19. The summed E-state index contributed by atoms with van der Waals surface area (Å²) in [4.78, 5) is 20.0. The monoisotopic (exact) mass is 416 g/mol. The van der Waals surface area contributed by atoms with Gasteiger partial charge in [0, 0.05) is 29.2 Å². The number of halogens is 1. The minimum absolute atomic E-state index is 0.0801. The van der Waals surface area contributed by atoms with Gasteiger partial charge in [0.25, 0.3) is 0 Å². The summed E-state index contributed by atoms with van der Waals surface area (Å²) in [7, 11) is 0. The largest absolute Gasteiger partial charge is 0.322 e. The van der Waals surface area contributed by atoms with Crippen molar-refractivity contribution in [1.82, 2.24) is 0 Å². The van der Waals surface area contributed by atoms with Crippen LogP contribution >= 0.6 is 11.6 Å². The maximum absolute atomic E-state index is 13.1. The molecular weight excluding hydrogens is 392 g/mol. The van der Waals surface area contributed by atoms with E-state index in [2.05, 4.69) is 17.0 Å². The van der Waals surface area contributed by atoms with Crippen molar-refractivity contribution in [1.29, 1.82) is 0 Å². The number of ketones is 1. The Kier molecular flexibility index (Phi) is 6.60. The minimum atomic E-state index is 0.0801. The lowest BCUT2D eigenvalue weighted by atomic mass is 10.0. The zero-order chi connectivity index (χ0) is 20.8. The lowest BCUT2D eigenvalue weighted by molar-refractivity contribution is 0.100. The van der Waals surface area contributed by atoms with Gasteiger partial charge in [0.05, 0.1) is 6.54 Å². The number of hydrogen-bond donors (Lipinski definition) is 0. The summed E-state index contributed by atoms with van der Waals surface area (Å²) in [6.07, 6.45) is 4.27. The number of Topliss-reactive ketones (excluding diaryl/α,β-unsaturated/α-hetero) is 1. The first-order valence-electron chi connectivity index (χ1n) is 10.5. The molecule has 0 aliphatic carbocycles. The molecule has 0 saturated heterocycles. The maximum Gasteiger partial charge on any atom is 0.182 e. The molecular formula is C26H25ClN2O. The van der Waals surface area contributed by atoms with E-state index in [9.17, 15) is 4.79 Å². The topological polar surface area (TPSA) is 32.7 Å². The van der Waals surface area contributed by atoms with Gasteiger partial charge in [0.15, 0.2) is 5.78 Å². The summed E-state index contributed by atoms with van der Waals surface area (Å²) in [5.74, 6) is 1.07. The number of carbonyl (C=O) groups is 1. The third kappa shape index (κ3) is 4.98. The Bertz CT molecular complexity index is 1010. The number of carbonyl (C=O) groups excluding carboxylic acids is 1. The number of rotatable bonds is 5. The van der Waals surface area contributed by atoms with Gasteiger partial charge in [0.1, 0.15) is 5.84 Å². The van der Waals surface area contributed by atoms with Gasteiger partial charge in [-0.15, -0.1) is 0 Å². The van der Waals surface area contributed by atoms with Crippen LogP contribution in [0.5, 0.6) is 0 Å². The molecule has 3 nitrogen and oxygen atoms in total. The van der Waals surface area contributed by atoms with Crippen LogP contribution in [0.1, 0.15) is 36.0 Å². The van der Waals surface area contributed by atoms with Crippen LogP contribution in [0.25, 0.3) is 11.1 Å². The van der Waals surface area contributed by atoms with E-state index in [1.165, 1.54) is 6.42 Å². The quantitative estimate of drug-likeness (QED) is 0.435. The minimum Gasteiger partial charge on any atom is -0.322 e. The van der Waals surface area contributed by atoms with Crippen molar-refractivity contribution < 1.29 is 4.79 Å². The first-order valence-corrected chi connectivity index (χ1v) is 10.8. The zero-order valence-electron chi connectivity index (χ0n) is 16.9. The molecule has 4 heteroatoms. The normalized spacial score (nSPS) is 14.0. The highest BCUT2D eigenvalue weighted by molar-refractivity contribution is 6.30. The van der Waals surface area contributed by atoms with E-state index < -0.39 is 0 Å². The number of hydrogen-bond acceptors (Lipinski definition) is 3. The fourth-order valence-electron chi connectivity index (χ4n) is 3.75. The Labute approximate surface area is 183 Å². The van der Waals surface area contributed by atoms with Crippen LogP contribution in [0.4, 0.5) is 5.69 Å². The summed E-state index contributed by atoms with van der Waals surface area (Å²) < 4.78 is 0. The number of anilines is 1. The Balaban J connectivity index is 1.56. The van der Waals surface area contributed by atoms with Crippen LogP contribution in [0.15, 0.2) is 83.9 Å². The molecule has 1 heterocycles. The van der Waals surface area contributed by atoms with Crippen molar-refractivity contribution in [2.24, 2.45) is 4.99 Å². The summed E-state index contributed by atoms with van der Waals surface area (Å²) in [5, 5.41) is 0.685. The molecule has 0 bridgehead atoms. The van der Waals surface area contributed by atoms with Gasteiger partial charge >= 0.3 is 0 Å². The van der Waals surface area contributed by atoms with Crippen LogP contribution in [0.2, 0.25) is 5.02 Å². The highest BCUT2D eigenvalue weighted by atomic mass is 35.5. The Morgan fingerprint density at radius 1 is 0.833 bits per heavy atom. The summed E-state index contributed by atoms with van der Waals surface area (Å²) in [6.45, 7) is 1.09. The number of amidine groups is 1. The molecule has 0 atom stereocenters. The van der Waals surface area contributed by atoms with Crippen LogP contribution in [-0.4, -0.2) is 24.7 Å². The number of aliphatic imine (C=N–C) groups is 1. The van der Waals surface area contributed by atoms with Gasteiger partial charge in [-0.2, -0.15) is 0 Å². The molecule has 1 aliphatic rings. The van der Waals surface area contributed by atoms with Crippen molar-refractivity contribution in [3.8, 4) is 11.1 Å². The van der Waals surface area contributed by atoms with Gasteiger partial charge in [-0.3, -0.25) is 9.79 Å². The average Bonchev–Trinajstić information content (AvgIpc) is 3.08. The van der Waals surface area contributed by atoms with E-state index in [1.807, 2.05) is 66.7 Å². The molecule has 0 unspecified atom stereocenters. The van der Waals surface area contributed by atoms with Crippen molar-refractivity contribution >= 4 is 28.9 Å². The Morgan fingerprint density at radius 3 is 2.27 bits per heavy atom. The van der Waals surface area contributed by atoms with Crippen molar-refractivity contribution in [3.05, 3.63) is 89.4 Å². The molecule has 0 saturated carbocycles. The zero-order valence-corrected chi connectivity index (χ0v) is 17.7. The third-order valence-corrected chi connectivity index (χ3v) is 5.67. The van der Waals surface area contributed by atoms with Gasteiger partial charge < -0.3 is 4.90 Å². The molecule has 4 rings (SSSR count). The van der Waals surface area contributed by atoms with E-state index in [1.54, 1.807) is 0 Å². The molecule has 0 amide bonds. The molecule has 1 aliphatic heterocycles. The fourth-order valence-corrected chi connectivity index (χ4v) is 3.87. The second-order valence-corrected chi connectivity index (χ2v) is 7.97. The van der Waals surface area contributed by atoms with E-state index >= 15 is 0 Å². The van der Waals surface area contributed by atoms with E-state index in [4.69, 9.17) is 16.6 Å². The standard InChI is InChI=1S/C26H25ClN2O/c27-23-14-16-24(17-15-23)29(26-9-5-2-6-18-28-26)19-25(30)22-12-10-21(11-13-22)20-7-3-1-4-8-20/h1,3-4,7-8,10-17H,2,5-6,9,18-19H2. The van der Waals surface area contributed by atoms with E-state index in [0.717, 1.165) is 48.5 Å². The lowest BCUT2D eigenvalue weighted by Crippen LogP contribution is -2.36. The van der Waals surface area contributed by atoms with Gasteiger partial charge in [-0.25, -0.2) is 0 Å². The van der Waals surface area contributed by atoms with Crippen LogP contribution in [0.3, 0.4) is 0 Å². The van der Waals surface area contributed by atoms with Crippen LogP contribution < -0.4 is 4.90 Å². The second kappa shape index (κ2) is 9.73. The first kappa shape index (κ1) is 20.4. The third-order valence-electron chi connectivity index (χ3n) is 5.42. The summed E-state index contributed by atoms with van der Waals surface area (Å²) in [6, 6.07) is 25.7. The van der Waals surface area contributed by atoms with Gasteiger partial charge in [-0.1, -0.05) is 72.6 Å². The first-order chi connectivity index (χ1) is 14.7. The van der Waals surface area contributed by atoms with E-state index in [-0.39, 0.29) is 12.3 Å². The van der Waals surface area contributed by atoms with Gasteiger partial charge in [-0.05, 0) is 48.2 Å². The molecule has 0 radical (unpaired) electrons. The predicted octanol–water partition coefficient (Wildman–Crippen LogP) is 6.67.